The third kappa shape index (κ3) is 4.08. The lowest BCUT2D eigenvalue weighted by Crippen LogP contribution is -2.08. The standard InChI is InChI=1S/C20H25N5O/c1-13-9-15(10-14(2)20(13)26)12-21-18-11-19(24-23-18)22-16-5-7-17(8-6-16)25(3)4/h5-11,26H,12H2,1-4H3,(H3,21,22,23,24). The fraction of sp³-hybridized carbons (Fsp3) is 0.250. The first-order valence-electron chi connectivity index (χ1n) is 8.55. The van der Waals surface area contributed by atoms with Crippen molar-refractivity contribution in [3.05, 3.63) is 59.2 Å². The Morgan fingerprint density at radius 2 is 1.69 bits per heavy atom. The van der Waals surface area contributed by atoms with Gasteiger partial charge in [0.05, 0.1) is 0 Å². The molecule has 6 nitrogen and oxygen atoms in total. The molecule has 0 aliphatic heterocycles. The van der Waals surface area contributed by atoms with E-state index in [1.165, 1.54) is 0 Å². The molecule has 0 spiro atoms. The fourth-order valence-corrected chi connectivity index (χ4v) is 2.81. The van der Waals surface area contributed by atoms with Gasteiger partial charge in [-0.15, -0.1) is 0 Å². The molecule has 3 rings (SSSR count). The lowest BCUT2D eigenvalue weighted by atomic mass is 10.1. The predicted molar refractivity (Wildman–Crippen MR) is 108 cm³/mol. The number of phenols is 1. The van der Waals surface area contributed by atoms with Crippen molar-refractivity contribution in [2.45, 2.75) is 20.4 Å². The third-order valence-electron chi connectivity index (χ3n) is 4.27. The van der Waals surface area contributed by atoms with Crippen LogP contribution in [0, 0.1) is 13.8 Å². The molecule has 6 heteroatoms. The van der Waals surface area contributed by atoms with Crippen LogP contribution in [-0.4, -0.2) is 29.4 Å². The number of hydrogen-bond donors (Lipinski definition) is 4. The van der Waals surface area contributed by atoms with Crippen LogP contribution in [0.5, 0.6) is 5.75 Å². The molecule has 0 aliphatic carbocycles. The molecule has 0 amide bonds. The van der Waals surface area contributed by atoms with Gasteiger partial charge in [0.25, 0.3) is 0 Å². The molecule has 1 heterocycles. The minimum absolute atomic E-state index is 0.361. The quantitative estimate of drug-likeness (QED) is 0.537. The number of aromatic hydroxyl groups is 1. The van der Waals surface area contributed by atoms with Crippen LogP contribution in [-0.2, 0) is 6.54 Å². The SMILES string of the molecule is Cc1cc(CNc2cc(Nc3ccc(N(C)C)cc3)[nH]n2)cc(C)c1O. The molecule has 136 valence electrons. The van der Waals surface area contributed by atoms with Crippen LogP contribution in [0.1, 0.15) is 16.7 Å². The Morgan fingerprint density at radius 3 is 2.31 bits per heavy atom. The van der Waals surface area contributed by atoms with Gasteiger partial charge in [0.1, 0.15) is 17.4 Å². The first-order valence-corrected chi connectivity index (χ1v) is 8.55. The van der Waals surface area contributed by atoms with Crippen molar-refractivity contribution in [3.63, 3.8) is 0 Å². The highest BCUT2D eigenvalue weighted by atomic mass is 16.3. The van der Waals surface area contributed by atoms with E-state index in [0.717, 1.165) is 39.7 Å². The zero-order valence-electron chi connectivity index (χ0n) is 15.6. The molecule has 1 aromatic heterocycles. The van der Waals surface area contributed by atoms with Gasteiger partial charge < -0.3 is 20.6 Å². The number of phenolic OH excluding ortho intramolecular Hbond substituents is 1. The number of anilines is 4. The predicted octanol–water partition coefficient (Wildman–Crippen LogP) is 4.15. The summed E-state index contributed by atoms with van der Waals surface area (Å²) < 4.78 is 0. The van der Waals surface area contributed by atoms with E-state index in [0.29, 0.717) is 12.3 Å². The van der Waals surface area contributed by atoms with Crippen molar-refractivity contribution in [3.8, 4) is 5.75 Å². The summed E-state index contributed by atoms with van der Waals surface area (Å²) in [5, 5.41) is 23.7. The maximum Gasteiger partial charge on any atom is 0.150 e. The third-order valence-corrected chi connectivity index (χ3v) is 4.27. The van der Waals surface area contributed by atoms with Crippen LogP contribution >= 0.6 is 0 Å². The molecule has 2 aromatic carbocycles. The number of H-pyrrole nitrogens is 1. The number of nitrogens with zero attached hydrogens (tertiary/aromatic N) is 2. The molecule has 3 aromatic rings. The van der Waals surface area contributed by atoms with E-state index < -0.39 is 0 Å². The Hall–Kier alpha value is -3.15. The summed E-state index contributed by atoms with van der Waals surface area (Å²) in [4.78, 5) is 2.06. The Kier molecular flexibility index (Phi) is 5.02. The molecule has 26 heavy (non-hydrogen) atoms. The van der Waals surface area contributed by atoms with E-state index in [1.807, 2.05) is 58.3 Å². The summed E-state index contributed by atoms with van der Waals surface area (Å²) in [6, 6.07) is 14.1. The number of rotatable bonds is 6. The largest absolute Gasteiger partial charge is 0.507 e. The van der Waals surface area contributed by atoms with Crippen molar-refractivity contribution in [2.75, 3.05) is 29.6 Å². The van der Waals surface area contributed by atoms with Crippen molar-refractivity contribution in [2.24, 2.45) is 0 Å². The van der Waals surface area contributed by atoms with Crippen molar-refractivity contribution in [1.82, 2.24) is 10.2 Å². The lowest BCUT2D eigenvalue weighted by Gasteiger charge is -2.12. The maximum atomic E-state index is 9.86. The van der Waals surface area contributed by atoms with E-state index >= 15 is 0 Å². The fourth-order valence-electron chi connectivity index (χ4n) is 2.81. The first kappa shape index (κ1) is 17.7. The zero-order valence-corrected chi connectivity index (χ0v) is 15.6. The van der Waals surface area contributed by atoms with Crippen molar-refractivity contribution >= 4 is 23.0 Å². The van der Waals surface area contributed by atoms with Gasteiger partial charge in [0, 0.05) is 38.1 Å². The topological polar surface area (TPSA) is 76.2 Å². The molecule has 0 unspecified atom stereocenters. The van der Waals surface area contributed by atoms with E-state index in [1.54, 1.807) is 0 Å². The monoisotopic (exact) mass is 351 g/mol. The molecule has 0 bridgehead atoms. The summed E-state index contributed by atoms with van der Waals surface area (Å²) in [5.41, 5.74) is 5.02. The van der Waals surface area contributed by atoms with E-state index in [4.69, 9.17) is 0 Å². The molecule has 0 fully saturated rings. The number of benzene rings is 2. The van der Waals surface area contributed by atoms with Gasteiger partial charge in [-0.2, -0.15) is 5.10 Å². The van der Waals surface area contributed by atoms with Gasteiger partial charge in [-0.05, 0) is 54.8 Å². The van der Waals surface area contributed by atoms with Gasteiger partial charge in [0.15, 0.2) is 0 Å². The molecule has 0 atom stereocenters. The molecule has 0 saturated carbocycles. The second kappa shape index (κ2) is 7.39. The Morgan fingerprint density at radius 1 is 1.04 bits per heavy atom. The summed E-state index contributed by atoms with van der Waals surface area (Å²) in [5.74, 6) is 1.95. The van der Waals surface area contributed by atoms with Crippen LogP contribution in [0.4, 0.5) is 23.0 Å². The average molecular weight is 351 g/mol. The van der Waals surface area contributed by atoms with E-state index in [9.17, 15) is 5.11 Å². The normalized spacial score (nSPS) is 10.6. The first-order chi connectivity index (χ1) is 12.4. The number of aryl methyl sites for hydroxylation is 2. The summed E-state index contributed by atoms with van der Waals surface area (Å²) in [6.45, 7) is 4.46. The zero-order chi connectivity index (χ0) is 18.7. The number of aromatic amines is 1. The molecular weight excluding hydrogens is 326 g/mol. The van der Waals surface area contributed by atoms with Crippen LogP contribution in [0.25, 0.3) is 0 Å². The van der Waals surface area contributed by atoms with E-state index in [2.05, 4.69) is 37.9 Å². The Bertz CT molecular complexity index is 860. The molecule has 0 aliphatic rings. The number of aromatic nitrogens is 2. The summed E-state index contributed by atoms with van der Waals surface area (Å²) in [7, 11) is 4.04. The summed E-state index contributed by atoms with van der Waals surface area (Å²) in [6.07, 6.45) is 0. The highest BCUT2D eigenvalue weighted by Crippen LogP contribution is 2.24. The molecule has 0 radical (unpaired) electrons. The highest BCUT2D eigenvalue weighted by Gasteiger charge is 2.05. The minimum Gasteiger partial charge on any atom is -0.507 e. The van der Waals surface area contributed by atoms with Crippen molar-refractivity contribution < 1.29 is 5.11 Å². The minimum atomic E-state index is 0.361. The number of nitrogens with one attached hydrogen (secondary N) is 3. The van der Waals surface area contributed by atoms with Crippen LogP contribution in [0.3, 0.4) is 0 Å². The van der Waals surface area contributed by atoms with Gasteiger partial charge in [-0.1, -0.05) is 12.1 Å². The average Bonchev–Trinajstić information content (AvgIpc) is 3.05. The van der Waals surface area contributed by atoms with E-state index in [-0.39, 0.29) is 0 Å². The second-order valence-corrected chi connectivity index (χ2v) is 6.66. The molecule has 0 saturated heterocycles. The van der Waals surface area contributed by atoms with Gasteiger partial charge in [0.2, 0.25) is 0 Å². The molecular formula is C20H25N5O. The smallest absolute Gasteiger partial charge is 0.150 e. The van der Waals surface area contributed by atoms with Crippen LogP contribution in [0.2, 0.25) is 0 Å². The van der Waals surface area contributed by atoms with Crippen LogP contribution in [0.15, 0.2) is 42.5 Å². The number of hydrogen-bond acceptors (Lipinski definition) is 5. The second-order valence-electron chi connectivity index (χ2n) is 6.66. The lowest BCUT2D eigenvalue weighted by molar-refractivity contribution is 0.466. The van der Waals surface area contributed by atoms with Gasteiger partial charge in [-0.25, -0.2) is 0 Å². The Labute approximate surface area is 153 Å². The highest BCUT2D eigenvalue weighted by molar-refractivity contribution is 5.62. The molecule has 4 N–H and O–H groups in total. The maximum absolute atomic E-state index is 9.86. The van der Waals surface area contributed by atoms with Crippen LogP contribution < -0.4 is 15.5 Å². The Balaban J connectivity index is 1.61. The van der Waals surface area contributed by atoms with Crippen molar-refractivity contribution in [1.29, 1.82) is 0 Å². The summed E-state index contributed by atoms with van der Waals surface area (Å²) >= 11 is 0. The van der Waals surface area contributed by atoms with Gasteiger partial charge in [-0.3, -0.25) is 5.10 Å². The van der Waals surface area contributed by atoms with Gasteiger partial charge >= 0.3 is 0 Å².